The number of hydrogen-bond acceptors (Lipinski definition) is 4. The summed E-state index contributed by atoms with van der Waals surface area (Å²) in [6, 6.07) is 16.9. The minimum atomic E-state index is -4.27. The number of nitrogens with one attached hydrogen (secondary N) is 1. The number of carbonyl (C=O) groups excluding carboxylic acids is 2. The average Bonchev–Trinajstić information content (AvgIpc) is 2.90. The molecule has 1 N–H and O–H groups in total. The van der Waals surface area contributed by atoms with E-state index in [1.165, 1.54) is 41.3 Å². The van der Waals surface area contributed by atoms with E-state index in [1.54, 1.807) is 25.1 Å². The Morgan fingerprint density at radius 1 is 0.892 bits per heavy atom. The normalized spacial score (nSPS) is 12.0. The molecule has 1 atom stereocenters. The molecule has 10 heteroatoms. The van der Waals surface area contributed by atoms with Crippen molar-refractivity contribution >= 4 is 27.5 Å². The molecule has 0 unspecified atom stereocenters. The van der Waals surface area contributed by atoms with Crippen LogP contribution < -0.4 is 9.62 Å². The van der Waals surface area contributed by atoms with Gasteiger partial charge in [-0.05, 0) is 67.4 Å². The van der Waals surface area contributed by atoms with E-state index < -0.39 is 46.1 Å². The van der Waals surface area contributed by atoms with Crippen LogP contribution in [0.15, 0.2) is 83.8 Å². The highest BCUT2D eigenvalue weighted by Crippen LogP contribution is 2.24. The lowest BCUT2D eigenvalue weighted by Gasteiger charge is -2.32. The van der Waals surface area contributed by atoms with Crippen molar-refractivity contribution in [2.24, 2.45) is 0 Å². The van der Waals surface area contributed by atoms with Crippen LogP contribution in [0.1, 0.15) is 25.8 Å². The Balaban J connectivity index is 1.98. The van der Waals surface area contributed by atoms with Gasteiger partial charge in [0, 0.05) is 13.1 Å². The predicted molar refractivity (Wildman–Crippen MR) is 137 cm³/mol. The van der Waals surface area contributed by atoms with Gasteiger partial charge in [0.25, 0.3) is 10.0 Å². The van der Waals surface area contributed by atoms with Crippen LogP contribution in [-0.4, -0.2) is 44.3 Å². The maximum atomic E-state index is 13.7. The summed E-state index contributed by atoms with van der Waals surface area (Å²) >= 11 is 0. The Hall–Kier alpha value is -3.79. The fourth-order valence-corrected chi connectivity index (χ4v) is 5.04. The molecule has 196 valence electrons. The number of hydrogen-bond donors (Lipinski definition) is 1. The van der Waals surface area contributed by atoms with Crippen molar-refractivity contribution in [3.05, 3.63) is 96.1 Å². The zero-order chi connectivity index (χ0) is 27.0. The van der Waals surface area contributed by atoms with Gasteiger partial charge in [-0.3, -0.25) is 13.9 Å². The molecule has 3 aromatic rings. The second-order valence-corrected chi connectivity index (χ2v) is 10.3. The summed E-state index contributed by atoms with van der Waals surface area (Å²) in [5.74, 6) is -2.09. The van der Waals surface area contributed by atoms with Crippen LogP contribution in [-0.2, 0) is 26.2 Å². The Morgan fingerprint density at radius 3 is 2.03 bits per heavy atom. The molecule has 2 amide bonds. The molecule has 0 saturated heterocycles. The van der Waals surface area contributed by atoms with Crippen molar-refractivity contribution in [3.8, 4) is 0 Å². The first-order valence-corrected chi connectivity index (χ1v) is 13.2. The van der Waals surface area contributed by atoms with Gasteiger partial charge in [0.1, 0.15) is 24.2 Å². The Kier molecular flexibility index (Phi) is 9.35. The molecule has 0 heterocycles. The zero-order valence-corrected chi connectivity index (χ0v) is 21.4. The number of halogens is 2. The molecule has 0 saturated carbocycles. The molecule has 0 fully saturated rings. The molecule has 37 heavy (non-hydrogen) atoms. The molecule has 0 bridgehead atoms. The van der Waals surface area contributed by atoms with E-state index in [-0.39, 0.29) is 17.1 Å². The van der Waals surface area contributed by atoms with Gasteiger partial charge in [-0.15, -0.1) is 0 Å². The van der Waals surface area contributed by atoms with E-state index in [0.717, 1.165) is 28.6 Å². The van der Waals surface area contributed by atoms with Crippen molar-refractivity contribution in [2.75, 3.05) is 17.4 Å². The number of benzene rings is 3. The fraction of sp³-hybridized carbons (Fsp3) is 0.259. The standard InChI is InChI=1S/C27H29F2N3O4S/c1-3-17-30-27(34)20(2)31(18-21-9-11-22(28)12-10-21)26(33)19-32(24-7-5-4-6-8-24)37(35,36)25-15-13-23(29)14-16-25/h4-16,20H,3,17-19H2,1-2H3,(H,30,34)/t20-/m0/s1. The van der Waals surface area contributed by atoms with Gasteiger partial charge < -0.3 is 10.2 Å². The number of rotatable bonds is 11. The summed E-state index contributed by atoms with van der Waals surface area (Å²) < 4.78 is 55.0. The minimum Gasteiger partial charge on any atom is -0.354 e. The van der Waals surface area contributed by atoms with Crippen LogP contribution in [0.5, 0.6) is 0 Å². The predicted octanol–water partition coefficient (Wildman–Crippen LogP) is 4.10. The highest BCUT2D eigenvalue weighted by molar-refractivity contribution is 7.92. The largest absolute Gasteiger partial charge is 0.354 e. The van der Waals surface area contributed by atoms with Gasteiger partial charge in [-0.2, -0.15) is 0 Å². The number of nitrogens with zero attached hydrogens (tertiary/aromatic N) is 2. The maximum Gasteiger partial charge on any atom is 0.264 e. The maximum absolute atomic E-state index is 13.7. The molecule has 0 radical (unpaired) electrons. The third kappa shape index (κ3) is 7.13. The third-order valence-electron chi connectivity index (χ3n) is 5.71. The molecule has 3 aromatic carbocycles. The summed E-state index contributed by atoms with van der Waals surface area (Å²) in [5.41, 5.74) is 0.794. The lowest BCUT2D eigenvalue weighted by Crippen LogP contribution is -2.51. The Bertz CT molecular complexity index is 1300. The molecular weight excluding hydrogens is 500 g/mol. The van der Waals surface area contributed by atoms with E-state index in [9.17, 15) is 26.8 Å². The number of carbonyl (C=O) groups is 2. The number of sulfonamides is 1. The van der Waals surface area contributed by atoms with Gasteiger partial charge in [0.15, 0.2) is 0 Å². The topological polar surface area (TPSA) is 86.8 Å². The lowest BCUT2D eigenvalue weighted by molar-refractivity contribution is -0.139. The monoisotopic (exact) mass is 529 g/mol. The molecule has 0 aromatic heterocycles. The molecule has 0 spiro atoms. The van der Waals surface area contributed by atoms with Gasteiger partial charge in [0.05, 0.1) is 10.6 Å². The van der Waals surface area contributed by atoms with E-state index >= 15 is 0 Å². The van der Waals surface area contributed by atoms with Crippen LogP contribution in [0.25, 0.3) is 0 Å². The minimum absolute atomic E-state index is 0.0426. The molecule has 0 aliphatic heterocycles. The first kappa shape index (κ1) is 27.8. The average molecular weight is 530 g/mol. The molecule has 0 aliphatic rings. The van der Waals surface area contributed by atoms with Crippen molar-refractivity contribution in [1.29, 1.82) is 0 Å². The number of amides is 2. The van der Waals surface area contributed by atoms with Crippen molar-refractivity contribution in [1.82, 2.24) is 10.2 Å². The van der Waals surface area contributed by atoms with Crippen LogP contribution in [0.4, 0.5) is 14.5 Å². The fourth-order valence-electron chi connectivity index (χ4n) is 3.62. The second kappa shape index (κ2) is 12.4. The summed E-state index contributed by atoms with van der Waals surface area (Å²) in [4.78, 5) is 27.5. The van der Waals surface area contributed by atoms with Crippen molar-refractivity contribution in [2.45, 2.75) is 37.8 Å². The van der Waals surface area contributed by atoms with Crippen LogP contribution in [0.2, 0.25) is 0 Å². The highest BCUT2D eigenvalue weighted by Gasteiger charge is 2.32. The quantitative estimate of drug-likeness (QED) is 0.405. The van der Waals surface area contributed by atoms with E-state index in [1.807, 2.05) is 6.92 Å². The van der Waals surface area contributed by atoms with E-state index in [0.29, 0.717) is 18.5 Å². The molecule has 7 nitrogen and oxygen atoms in total. The molecular formula is C27H29F2N3O4S. The van der Waals surface area contributed by atoms with Gasteiger partial charge >= 0.3 is 0 Å². The second-order valence-electron chi connectivity index (χ2n) is 8.42. The Morgan fingerprint density at radius 2 is 1.46 bits per heavy atom. The van der Waals surface area contributed by atoms with Crippen LogP contribution >= 0.6 is 0 Å². The first-order valence-electron chi connectivity index (χ1n) is 11.8. The summed E-state index contributed by atoms with van der Waals surface area (Å²) in [7, 11) is -4.27. The first-order chi connectivity index (χ1) is 17.6. The van der Waals surface area contributed by atoms with E-state index in [2.05, 4.69) is 5.32 Å². The SMILES string of the molecule is CCCNC(=O)[C@H](C)N(Cc1ccc(F)cc1)C(=O)CN(c1ccccc1)S(=O)(=O)c1ccc(F)cc1. The summed E-state index contributed by atoms with van der Waals surface area (Å²) in [5, 5.41) is 2.75. The smallest absolute Gasteiger partial charge is 0.264 e. The van der Waals surface area contributed by atoms with Gasteiger partial charge in [-0.25, -0.2) is 17.2 Å². The summed E-state index contributed by atoms with van der Waals surface area (Å²) in [6.45, 7) is 3.20. The van der Waals surface area contributed by atoms with E-state index in [4.69, 9.17) is 0 Å². The molecule has 3 rings (SSSR count). The third-order valence-corrected chi connectivity index (χ3v) is 7.50. The Labute approximate surface area is 215 Å². The molecule has 0 aliphatic carbocycles. The van der Waals surface area contributed by atoms with Crippen molar-refractivity contribution in [3.63, 3.8) is 0 Å². The van der Waals surface area contributed by atoms with Crippen LogP contribution in [0.3, 0.4) is 0 Å². The zero-order valence-electron chi connectivity index (χ0n) is 20.6. The summed E-state index contributed by atoms with van der Waals surface area (Å²) in [6.07, 6.45) is 0.696. The van der Waals surface area contributed by atoms with Gasteiger partial charge in [-0.1, -0.05) is 37.3 Å². The lowest BCUT2D eigenvalue weighted by atomic mass is 10.1. The van der Waals surface area contributed by atoms with Crippen molar-refractivity contribution < 1.29 is 26.8 Å². The van der Waals surface area contributed by atoms with Crippen LogP contribution in [0, 0.1) is 11.6 Å². The number of anilines is 1. The highest BCUT2D eigenvalue weighted by atomic mass is 32.2. The number of para-hydroxylation sites is 1. The van der Waals surface area contributed by atoms with Gasteiger partial charge in [0.2, 0.25) is 11.8 Å².